The smallest absolute Gasteiger partial charge is 0.237 e. The zero-order valence-corrected chi connectivity index (χ0v) is 14.2. The first-order valence-corrected chi connectivity index (χ1v) is 8.50. The number of benzene rings is 1. The van der Waals surface area contributed by atoms with Crippen molar-refractivity contribution in [1.29, 1.82) is 0 Å². The van der Waals surface area contributed by atoms with Crippen molar-refractivity contribution in [3.63, 3.8) is 0 Å². The summed E-state index contributed by atoms with van der Waals surface area (Å²) in [6.45, 7) is 3.90. The van der Waals surface area contributed by atoms with Crippen molar-refractivity contribution in [2.24, 2.45) is 0 Å². The summed E-state index contributed by atoms with van der Waals surface area (Å²) < 4.78 is 4.94. The fraction of sp³-hybridized carbons (Fsp3) is 0.250. The highest BCUT2D eigenvalue weighted by Gasteiger charge is 2.10. The van der Waals surface area contributed by atoms with E-state index >= 15 is 0 Å². The summed E-state index contributed by atoms with van der Waals surface area (Å²) in [5, 5.41) is 15.1. The number of H-pyrrole nitrogens is 1. The minimum Gasteiger partial charge on any atom is -0.338 e. The number of hydrogen-bond donors (Lipinski definition) is 2. The molecule has 2 aromatic heterocycles. The van der Waals surface area contributed by atoms with Gasteiger partial charge in [-0.3, -0.25) is 10.1 Å². The quantitative estimate of drug-likeness (QED) is 0.668. The largest absolute Gasteiger partial charge is 0.338 e. The van der Waals surface area contributed by atoms with Crippen molar-refractivity contribution in [3.8, 4) is 11.4 Å². The molecule has 0 saturated heterocycles. The number of hydrogen-bond acceptors (Lipinski definition) is 6. The average Bonchev–Trinajstić information content (AvgIpc) is 3.22. The lowest BCUT2D eigenvalue weighted by Gasteiger charge is -1.99. The van der Waals surface area contributed by atoms with Gasteiger partial charge < -0.3 is 9.51 Å². The van der Waals surface area contributed by atoms with E-state index in [1.165, 1.54) is 17.3 Å². The lowest BCUT2D eigenvalue weighted by molar-refractivity contribution is -0.113. The van der Waals surface area contributed by atoms with Gasteiger partial charge in [-0.05, 0) is 18.9 Å². The number of aryl methyl sites for hydroxylation is 2. The fourth-order valence-electron chi connectivity index (χ4n) is 2.07. The second-order valence-corrected chi connectivity index (χ2v) is 6.16. The molecule has 8 heteroatoms. The van der Waals surface area contributed by atoms with E-state index in [2.05, 4.69) is 44.7 Å². The number of anilines is 1. The first-order valence-electron chi connectivity index (χ1n) is 7.52. The molecule has 0 bridgehead atoms. The average molecular weight is 343 g/mol. The molecule has 124 valence electrons. The minimum atomic E-state index is -0.193. The number of nitrogens with one attached hydrogen (secondary N) is 2. The van der Waals surface area contributed by atoms with Crippen molar-refractivity contribution in [3.05, 3.63) is 41.6 Å². The van der Waals surface area contributed by atoms with E-state index in [1.54, 1.807) is 13.0 Å². The molecule has 3 rings (SSSR count). The molecule has 3 aromatic rings. The van der Waals surface area contributed by atoms with Crippen LogP contribution in [0.5, 0.6) is 0 Å². The predicted octanol–water partition coefficient (Wildman–Crippen LogP) is 3.06. The molecule has 0 aliphatic carbocycles. The van der Waals surface area contributed by atoms with Gasteiger partial charge >= 0.3 is 0 Å². The molecule has 7 nitrogen and oxygen atoms in total. The Morgan fingerprint density at radius 3 is 2.75 bits per heavy atom. The number of carbonyl (C=O) groups is 1. The molecular weight excluding hydrogens is 326 g/mol. The van der Waals surface area contributed by atoms with E-state index in [0.29, 0.717) is 22.6 Å². The summed E-state index contributed by atoms with van der Waals surface area (Å²) >= 11 is 1.27. The van der Waals surface area contributed by atoms with Crippen molar-refractivity contribution in [2.45, 2.75) is 25.4 Å². The molecule has 0 fully saturated rings. The molecule has 1 amide bonds. The van der Waals surface area contributed by atoms with E-state index in [0.717, 1.165) is 12.0 Å². The van der Waals surface area contributed by atoms with Crippen LogP contribution < -0.4 is 5.32 Å². The van der Waals surface area contributed by atoms with Gasteiger partial charge in [0.2, 0.25) is 11.8 Å². The third-order valence-corrected chi connectivity index (χ3v) is 4.20. The maximum absolute atomic E-state index is 11.9. The lowest BCUT2D eigenvalue weighted by Crippen LogP contribution is -2.13. The van der Waals surface area contributed by atoms with Crippen LogP contribution in [0.15, 0.2) is 40.0 Å². The van der Waals surface area contributed by atoms with Gasteiger partial charge in [0.25, 0.3) is 0 Å². The second-order valence-electron chi connectivity index (χ2n) is 5.20. The van der Waals surface area contributed by atoms with Gasteiger partial charge in [-0.15, -0.1) is 10.2 Å². The first kappa shape index (κ1) is 16.3. The standard InChI is InChI=1S/C16H17N5O2S/c1-3-11-4-6-12(7-5-11)15-18-16(20-19-15)24-9-13(22)17-14-8-10(2)21-23-14/h4-8H,3,9H2,1-2H3,(H,17,22)(H,18,19,20). The Morgan fingerprint density at radius 2 is 2.08 bits per heavy atom. The molecule has 0 atom stereocenters. The first-order chi connectivity index (χ1) is 11.6. The van der Waals surface area contributed by atoms with Crippen LogP contribution in [-0.4, -0.2) is 32.0 Å². The Labute approximate surface area is 143 Å². The predicted molar refractivity (Wildman–Crippen MR) is 91.8 cm³/mol. The third-order valence-electron chi connectivity index (χ3n) is 3.33. The van der Waals surface area contributed by atoms with Crippen LogP contribution in [0.3, 0.4) is 0 Å². The van der Waals surface area contributed by atoms with Crippen LogP contribution in [0.1, 0.15) is 18.2 Å². The fourth-order valence-corrected chi connectivity index (χ4v) is 2.68. The van der Waals surface area contributed by atoms with Crippen LogP contribution in [0.4, 0.5) is 5.88 Å². The van der Waals surface area contributed by atoms with E-state index in [-0.39, 0.29) is 11.7 Å². The van der Waals surface area contributed by atoms with E-state index in [1.807, 2.05) is 12.1 Å². The number of nitrogens with zero attached hydrogens (tertiary/aromatic N) is 3. The number of rotatable bonds is 6. The molecule has 0 aliphatic rings. The van der Waals surface area contributed by atoms with Gasteiger partial charge in [0.05, 0.1) is 11.4 Å². The Kier molecular flexibility index (Phi) is 4.95. The topological polar surface area (TPSA) is 96.7 Å². The summed E-state index contributed by atoms with van der Waals surface area (Å²) in [6, 6.07) is 9.81. The Bertz CT molecular complexity index is 825. The van der Waals surface area contributed by atoms with Crippen LogP contribution in [0, 0.1) is 6.92 Å². The molecule has 0 saturated carbocycles. The van der Waals surface area contributed by atoms with Gasteiger partial charge in [-0.1, -0.05) is 48.1 Å². The lowest BCUT2D eigenvalue weighted by atomic mass is 10.1. The highest BCUT2D eigenvalue weighted by atomic mass is 32.2. The highest BCUT2D eigenvalue weighted by molar-refractivity contribution is 7.99. The molecule has 0 unspecified atom stereocenters. The van der Waals surface area contributed by atoms with Gasteiger partial charge in [-0.2, -0.15) is 0 Å². The van der Waals surface area contributed by atoms with E-state index in [9.17, 15) is 4.79 Å². The molecular formula is C16H17N5O2S. The number of carbonyl (C=O) groups excluding carboxylic acids is 1. The number of aromatic amines is 1. The molecule has 0 aliphatic heterocycles. The third kappa shape index (κ3) is 4.02. The van der Waals surface area contributed by atoms with E-state index in [4.69, 9.17) is 4.52 Å². The summed E-state index contributed by atoms with van der Waals surface area (Å²) in [4.78, 5) is 15.0. The summed E-state index contributed by atoms with van der Waals surface area (Å²) in [5.41, 5.74) is 2.95. The van der Waals surface area contributed by atoms with Crippen molar-refractivity contribution >= 4 is 23.6 Å². The molecule has 24 heavy (non-hydrogen) atoms. The Hall–Kier alpha value is -2.61. The molecule has 1 aromatic carbocycles. The molecule has 0 spiro atoms. The zero-order valence-electron chi connectivity index (χ0n) is 13.4. The van der Waals surface area contributed by atoms with Crippen molar-refractivity contribution in [2.75, 3.05) is 11.1 Å². The number of amides is 1. The van der Waals surface area contributed by atoms with Gasteiger partial charge in [0.15, 0.2) is 11.0 Å². The maximum atomic E-state index is 11.9. The monoisotopic (exact) mass is 343 g/mol. The normalized spacial score (nSPS) is 10.8. The van der Waals surface area contributed by atoms with Gasteiger partial charge in [0.1, 0.15) is 0 Å². The molecule has 2 N–H and O–H groups in total. The summed E-state index contributed by atoms with van der Waals surface area (Å²) in [5.74, 6) is 1.03. The Morgan fingerprint density at radius 1 is 1.29 bits per heavy atom. The second kappa shape index (κ2) is 7.31. The Balaban J connectivity index is 1.56. The number of thioether (sulfide) groups is 1. The summed E-state index contributed by atoms with van der Waals surface area (Å²) in [6.07, 6.45) is 0.998. The van der Waals surface area contributed by atoms with Gasteiger partial charge in [-0.25, -0.2) is 0 Å². The van der Waals surface area contributed by atoms with Crippen molar-refractivity contribution < 1.29 is 9.32 Å². The number of aromatic nitrogens is 4. The molecule has 2 heterocycles. The zero-order chi connectivity index (χ0) is 16.9. The molecule has 0 radical (unpaired) electrons. The SMILES string of the molecule is CCc1ccc(-c2nnc(SCC(=O)Nc3cc(C)no3)[nH]2)cc1. The van der Waals surface area contributed by atoms with E-state index < -0.39 is 0 Å². The van der Waals surface area contributed by atoms with Crippen LogP contribution in [0.25, 0.3) is 11.4 Å². The van der Waals surface area contributed by atoms with Crippen molar-refractivity contribution in [1.82, 2.24) is 20.3 Å². The van der Waals surface area contributed by atoms with Gasteiger partial charge in [0, 0.05) is 11.6 Å². The highest BCUT2D eigenvalue weighted by Crippen LogP contribution is 2.20. The van der Waals surface area contributed by atoms with Crippen LogP contribution >= 0.6 is 11.8 Å². The van der Waals surface area contributed by atoms with Crippen LogP contribution in [-0.2, 0) is 11.2 Å². The van der Waals surface area contributed by atoms with Crippen LogP contribution in [0.2, 0.25) is 0 Å². The summed E-state index contributed by atoms with van der Waals surface area (Å²) in [7, 11) is 0. The maximum Gasteiger partial charge on any atom is 0.237 e. The minimum absolute atomic E-state index is 0.193.